The summed E-state index contributed by atoms with van der Waals surface area (Å²) in [5.41, 5.74) is 2.71. The molecule has 0 saturated carbocycles. The van der Waals surface area contributed by atoms with Gasteiger partial charge < -0.3 is 15.5 Å². The molecule has 0 fully saturated rings. The summed E-state index contributed by atoms with van der Waals surface area (Å²) < 4.78 is 14.8. The zero-order valence-corrected chi connectivity index (χ0v) is 17.6. The Kier molecular flexibility index (Phi) is 8.07. The fourth-order valence-electron chi connectivity index (χ4n) is 1.96. The van der Waals surface area contributed by atoms with Gasteiger partial charge in [-0.25, -0.2) is 9.87 Å². The zero-order valence-electron chi connectivity index (χ0n) is 14.0. The first-order chi connectivity index (χ1) is 12.7. The third-order valence-corrected chi connectivity index (χ3v) is 4.75. The molecular formula is C17H16Cl2FIN2O4. The molecule has 146 valence electrons. The van der Waals surface area contributed by atoms with Gasteiger partial charge in [-0.3, -0.25) is 9.63 Å². The second-order valence-electron chi connectivity index (χ2n) is 5.61. The number of aliphatic hydroxyl groups is 2. The molecule has 2 unspecified atom stereocenters. The van der Waals surface area contributed by atoms with E-state index in [1.54, 1.807) is 18.2 Å². The van der Waals surface area contributed by atoms with Gasteiger partial charge in [-0.05, 0) is 59.8 Å². The van der Waals surface area contributed by atoms with Crippen molar-refractivity contribution in [2.45, 2.75) is 19.1 Å². The average molecular weight is 529 g/mol. The summed E-state index contributed by atoms with van der Waals surface area (Å²) in [6.07, 6.45) is -2.20. The molecule has 2 aromatic carbocycles. The van der Waals surface area contributed by atoms with E-state index in [-0.39, 0.29) is 22.9 Å². The van der Waals surface area contributed by atoms with Gasteiger partial charge in [0, 0.05) is 3.57 Å². The van der Waals surface area contributed by atoms with Crippen LogP contribution in [-0.2, 0) is 4.84 Å². The molecule has 0 bridgehead atoms. The quantitative estimate of drug-likeness (QED) is 0.323. The van der Waals surface area contributed by atoms with E-state index in [1.807, 2.05) is 0 Å². The number of carbonyl (C=O) groups excluding carboxylic acids is 1. The van der Waals surface area contributed by atoms with E-state index in [2.05, 4.69) is 33.4 Å². The number of aliphatic hydroxyl groups excluding tert-OH is 2. The maximum atomic E-state index is 13.9. The lowest BCUT2D eigenvalue weighted by molar-refractivity contribution is -0.0546. The Morgan fingerprint density at radius 2 is 1.93 bits per heavy atom. The zero-order chi connectivity index (χ0) is 20.1. The van der Waals surface area contributed by atoms with Gasteiger partial charge in [0.15, 0.2) is 0 Å². The van der Waals surface area contributed by atoms with Crippen molar-refractivity contribution in [2.75, 3.05) is 11.9 Å². The predicted octanol–water partition coefficient (Wildman–Crippen LogP) is 3.88. The summed E-state index contributed by atoms with van der Waals surface area (Å²) >= 11 is 14.1. The van der Waals surface area contributed by atoms with Crippen LogP contribution >= 0.6 is 45.8 Å². The number of hydrogen-bond donors (Lipinski definition) is 4. The van der Waals surface area contributed by atoms with E-state index in [0.717, 1.165) is 15.7 Å². The first kappa shape index (κ1) is 22.1. The van der Waals surface area contributed by atoms with Crippen LogP contribution in [0.15, 0.2) is 30.3 Å². The van der Waals surface area contributed by atoms with E-state index < -0.39 is 23.9 Å². The van der Waals surface area contributed by atoms with Crippen LogP contribution in [0, 0.1) is 9.39 Å². The van der Waals surface area contributed by atoms with Crippen molar-refractivity contribution in [1.29, 1.82) is 0 Å². The van der Waals surface area contributed by atoms with E-state index in [4.69, 9.17) is 28.0 Å². The van der Waals surface area contributed by atoms with Crippen LogP contribution in [0.25, 0.3) is 0 Å². The molecule has 27 heavy (non-hydrogen) atoms. The van der Waals surface area contributed by atoms with Crippen LogP contribution in [0.3, 0.4) is 0 Å². The Morgan fingerprint density at radius 3 is 2.56 bits per heavy atom. The Balaban J connectivity index is 2.22. The number of hydroxylamine groups is 1. The maximum Gasteiger partial charge on any atom is 0.277 e. The Hall–Kier alpha value is -1.17. The van der Waals surface area contributed by atoms with E-state index in [1.165, 1.54) is 6.92 Å². The molecule has 1 amide bonds. The van der Waals surface area contributed by atoms with Gasteiger partial charge in [0.2, 0.25) is 0 Å². The predicted molar refractivity (Wildman–Crippen MR) is 110 cm³/mol. The number of amides is 1. The van der Waals surface area contributed by atoms with Gasteiger partial charge in [-0.15, -0.1) is 0 Å². The van der Waals surface area contributed by atoms with Crippen LogP contribution in [0.1, 0.15) is 17.3 Å². The van der Waals surface area contributed by atoms with Gasteiger partial charge in [0.05, 0.1) is 33.1 Å². The van der Waals surface area contributed by atoms with Gasteiger partial charge in [0.25, 0.3) is 5.91 Å². The average Bonchev–Trinajstić information content (AvgIpc) is 2.59. The molecule has 0 aliphatic carbocycles. The first-order valence-electron chi connectivity index (χ1n) is 7.68. The molecule has 10 heteroatoms. The number of anilines is 2. The number of hydrogen-bond acceptors (Lipinski definition) is 5. The molecule has 0 heterocycles. The number of rotatable bonds is 7. The lowest BCUT2D eigenvalue weighted by atomic mass is 10.1. The largest absolute Gasteiger partial charge is 0.391 e. The Labute approximate surface area is 178 Å². The van der Waals surface area contributed by atoms with Crippen molar-refractivity contribution in [1.82, 2.24) is 5.48 Å². The van der Waals surface area contributed by atoms with E-state index >= 15 is 0 Å². The summed E-state index contributed by atoms with van der Waals surface area (Å²) in [6, 6.07) is 7.39. The summed E-state index contributed by atoms with van der Waals surface area (Å²) in [4.78, 5) is 17.3. The second-order valence-corrected chi connectivity index (χ2v) is 7.67. The standard InChI is InChI=1S/C17H16Cl2FIN2O4/c1-8(24)16(25)7-27-23-17(26)10-5-11(18)13(20)6-15(10)22-14-3-2-9(21)4-12(14)19/h2-6,8,16,22,24-25H,7H2,1H3,(H,23,26). The van der Waals surface area contributed by atoms with Crippen molar-refractivity contribution in [3.8, 4) is 0 Å². The molecule has 0 aliphatic rings. The maximum absolute atomic E-state index is 13.9. The van der Waals surface area contributed by atoms with Gasteiger partial charge in [-0.1, -0.05) is 23.2 Å². The van der Waals surface area contributed by atoms with Crippen molar-refractivity contribution in [3.05, 3.63) is 55.3 Å². The summed E-state index contributed by atoms with van der Waals surface area (Å²) in [5, 5.41) is 21.7. The second kappa shape index (κ2) is 9.85. The number of halogens is 4. The van der Waals surface area contributed by atoms with Crippen LogP contribution in [-0.4, -0.2) is 34.9 Å². The number of benzene rings is 2. The lowest BCUT2D eigenvalue weighted by Crippen LogP contribution is -2.33. The molecule has 4 N–H and O–H groups in total. The Bertz CT molecular complexity index is 839. The highest BCUT2D eigenvalue weighted by molar-refractivity contribution is 14.1. The topological polar surface area (TPSA) is 90.8 Å². The molecule has 0 saturated heterocycles. The van der Waals surface area contributed by atoms with Crippen LogP contribution < -0.4 is 10.8 Å². The summed E-state index contributed by atoms with van der Waals surface area (Å²) in [5.74, 6) is -1.44. The number of carbonyl (C=O) groups is 1. The van der Waals surface area contributed by atoms with Gasteiger partial charge >= 0.3 is 0 Å². The van der Waals surface area contributed by atoms with Crippen molar-refractivity contribution >= 4 is 63.1 Å². The molecule has 2 aromatic rings. The molecule has 0 radical (unpaired) electrons. The minimum absolute atomic E-state index is 0.00236. The van der Waals surface area contributed by atoms with E-state index in [9.17, 15) is 19.4 Å². The highest BCUT2D eigenvalue weighted by Gasteiger charge is 2.18. The fraction of sp³-hybridized carbons (Fsp3) is 0.235. The van der Waals surface area contributed by atoms with Crippen LogP contribution in [0.5, 0.6) is 0 Å². The van der Waals surface area contributed by atoms with E-state index in [0.29, 0.717) is 10.7 Å². The Morgan fingerprint density at radius 1 is 1.22 bits per heavy atom. The normalized spacial score (nSPS) is 13.1. The summed E-state index contributed by atoms with van der Waals surface area (Å²) in [7, 11) is 0. The minimum Gasteiger partial charge on any atom is -0.391 e. The van der Waals surface area contributed by atoms with Gasteiger partial charge in [0.1, 0.15) is 18.5 Å². The monoisotopic (exact) mass is 528 g/mol. The van der Waals surface area contributed by atoms with Crippen molar-refractivity contribution < 1.29 is 24.2 Å². The smallest absolute Gasteiger partial charge is 0.277 e. The van der Waals surface area contributed by atoms with Gasteiger partial charge in [-0.2, -0.15) is 0 Å². The highest BCUT2D eigenvalue weighted by atomic mass is 127. The SMILES string of the molecule is CC(O)C(O)CONC(=O)c1cc(Cl)c(F)cc1Nc1ccc(I)cc1Cl. The number of nitrogens with one attached hydrogen (secondary N) is 2. The molecule has 0 spiro atoms. The molecular weight excluding hydrogens is 513 g/mol. The molecule has 6 nitrogen and oxygen atoms in total. The highest BCUT2D eigenvalue weighted by Crippen LogP contribution is 2.31. The molecule has 2 atom stereocenters. The van der Waals surface area contributed by atoms with Crippen molar-refractivity contribution in [2.24, 2.45) is 0 Å². The molecule has 0 aromatic heterocycles. The molecule has 0 aliphatic heterocycles. The third-order valence-electron chi connectivity index (χ3n) is 3.48. The first-order valence-corrected chi connectivity index (χ1v) is 9.52. The van der Waals surface area contributed by atoms with Crippen LogP contribution in [0.4, 0.5) is 15.8 Å². The fourth-order valence-corrected chi connectivity index (χ4v) is 3.03. The van der Waals surface area contributed by atoms with Crippen molar-refractivity contribution in [3.63, 3.8) is 0 Å². The lowest BCUT2D eigenvalue weighted by Gasteiger charge is -2.16. The third kappa shape index (κ3) is 6.16. The van der Waals surface area contributed by atoms with Crippen LogP contribution in [0.2, 0.25) is 10.0 Å². The minimum atomic E-state index is -1.18. The summed E-state index contributed by atoms with van der Waals surface area (Å²) in [6.45, 7) is 1.05. The molecule has 2 rings (SSSR count).